The highest BCUT2D eigenvalue weighted by molar-refractivity contribution is 5.96. The quantitative estimate of drug-likeness (QED) is 0.501. The van der Waals surface area contributed by atoms with Gasteiger partial charge in [0.2, 0.25) is 0 Å². The minimum atomic E-state index is -1.15. The summed E-state index contributed by atoms with van der Waals surface area (Å²) in [6.07, 6.45) is 5.09. The average Bonchev–Trinajstić information content (AvgIpc) is 2.63. The van der Waals surface area contributed by atoms with Crippen LogP contribution in [0.25, 0.3) is 0 Å². The zero-order valence-electron chi connectivity index (χ0n) is 12.0. The molecule has 0 amide bonds. The first-order valence-electron chi connectivity index (χ1n) is 7.26. The van der Waals surface area contributed by atoms with Crippen molar-refractivity contribution in [3.8, 4) is 0 Å². The number of nitro benzene ring substituents is 1. The Morgan fingerprint density at radius 2 is 2.10 bits per heavy atom. The molecular formula is C15H20N2O4. The average molecular weight is 292 g/mol. The molecule has 1 aromatic rings. The topological polar surface area (TPSA) is 92.5 Å². The number of nitrogens with zero attached hydrogens (tertiary/aromatic N) is 1. The Hall–Kier alpha value is -2.11. The van der Waals surface area contributed by atoms with Gasteiger partial charge in [-0.15, -0.1) is 0 Å². The van der Waals surface area contributed by atoms with Gasteiger partial charge in [-0.25, -0.2) is 4.79 Å². The molecule has 6 heteroatoms. The van der Waals surface area contributed by atoms with Crippen LogP contribution in [0.4, 0.5) is 11.4 Å². The third kappa shape index (κ3) is 3.71. The van der Waals surface area contributed by atoms with Crippen LogP contribution in [0.15, 0.2) is 18.2 Å². The second-order valence-corrected chi connectivity index (χ2v) is 5.72. The molecule has 6 nitrogen and oxygen atoms in total. The smallest absolute Gasteiger partial charge is 0.338 e. The van der Waals surface area contributed by atoms with Crippen LogP contribution in [-0.2, 0) is 0 Å². The Labute approximate surface area is 123 Å². The zero-order valence-corrected chi connectivity index (χ0v) is 12.0. The van der Waals surface area contributed by atoms with E-state index in [1.165, 1.54) is 18.2 Å². The largest absolute Gasteiger partial charge is 0.478 e. The number of hydrogen-bond acceptors (Lipinski definition) is 4. The lowest BCUT2D eigenvalue weighted by Crippen LogP contribution is -2.21. The molecule has 0 spiro atoms. The van der Waals surface area contributed by atoms with E-state index >= 15 is 0 Å². The minimum absolute atomic E-state index is 0.0403. The van der Waals surface area contributed by atoms with Crippen LogP contribution in [0, 0.1) is 16.0 Å². The Balaban J connectivity index is 2.28. The molecule has 0 aliphatic heterocycles. The van der Waals surface area contributed by atoms with Gasteiger partial charge < -0.3 is 10.4 Å². The van der Waals surface area contributed by atoms with Gasteiger partial charge in [-0.1, -0.05) is 25.8 Å². The maximum absolute atomic E-state index is 11.3. The van der Waals surface area contributed by atoms with Gasteiger partial charge in [0.15, 0.2) is 0 Å². The van der Waals surface area contributed by atoms with Gasteiger partial charge in [0.05, 0.1) is 10.5 Å². The van der Waals surface area contributed by atoms with Crippen molar-refractivity contribution >= 4 is 17.3 Å². The van der Waals surface area contributed by atoms with Crippen LogP contribution >= 0.6 is 0 Å². The van der Waals surface area contributed by atoms with Gasteiger partial charge in [0.25, 0.3) is 5.69 Å². The molecule has 2 atom stereocenters. The van der Waals surface area contributed by atoms with Crippen molar-refractivity contribution < 1.29 is 14.8 Å². The number of anilines is 1. The zero-order chi connectivity index (χ0) is 15.4. The fourth-order valence-corrected chi connectivity index (χ4v) is 2.86. The SMILES string of the molecule is CC1CCCC(Nc2c(C(=O)O)cccc2[N+](=O)[O-])CC1. The molecule has 0 radical (unpaired) electrons. The first-order valence-corrected chi connectivity index (χ1v) is 7.26. The first-order chi connectivity index (χ1) is 9.99. The maximum Gasteiger partial charge on any atom is 0.338 e. The van der Waals surface area contributed by atoms with Crippen molar-refractivity contribution in [3.63, 3.8) is 0 Å². The predicted molar refractivity (Wildman–Crippen MR) is 79.7 cm³/mol. The van der Waals surface area contributed by atoms with Crippen LogP contribution < -0.4 is 5.32 Å². The van der Waals surface area contributed by atoms with E-state index in [1.54, 1.807) is 0 Å². The summed E-state index contributed by atoms with van der Waals surface area (Å²) in [5, 5.41) is 23.5. The highest BCUT2D eigenvalue weighted by Crippen LogP contribution is 2.32. The molecule has 1 aromatic carbocycles. The monoisotopic (exact) mass is 292 g/mol. The van der Waals surface area contributed by atoms with E-state index in [1.807, 2.05) is 0 Å². The molecular weight excluding hydrogens is 272 g/mol. The molecule has 2 rings (SSSR count). The maximum atomic E-state index is 11.3. The lowest BCUT2D eigenvalue weighted by atomic mass is 10.0. The van der Waals surface area contributed by atoms with E-state index < -0.39 is 10.9 Å². The predicted octanol–water partition coefficient (Wildman–Crippen LogP) is 3.67. The number of carboxylic acids is 1. The molecule has 1 saturated carbocycles. The van der Waals surface area contributed by atoms with Crippen molar-refractivity contribution in [2.75, 3.05) is 5.32 Å². The Morgan fingerprint density at radius 1 is 1.33 bits per heavy atom. The summed E-state index contributed by atoms with van der Waals surface area (Å²) in [4.78, 5) is 21.9. The molecule has 0 heterocycles. The van der Waals surface area contributed by atoms with Crippen LogP contribution in [-0.4, -0.2) is 22.0 Å². The number of carbonyl (C=O) groups is 1. The molecule has 2 N–H and O–H groups in total. The number of carboxylic acid groups (broad SMARTS) is 1. The summed E-state index contributed by atoms with van der Waals surface area (Å²) < 4.78 is 0. The Kier molecular flexibility index (Phi) is 4.77. The minimum Gasteiger partial charge on any atom is -0.478 e. The fourth-order valence-electron chi connectivity index (χ4n) is 2.86. The number of nitrogens with one attached hydrogen (secondary N) is 1. The van der Waals surface area contributed by atoms with Gasteiger partial charge in [0.1, 0.15) is 5.69 Å². The molecule has 1 aliphatic carbocycles. The van der Waals surface area contributed by atoms with Crippen molar-refractivity contribution in [1.82, 2.24) is 0 Å². The van der Waals surface area contributed by atoms with Gasteiger partial charge in [-0.2, -0.15) is 0 Å². The van der Waals surface area contributed by atoms with Crippen LogP contribution in [0.1, 0.15) is 49.4 Å². The summed E-state index contributed by atoms with van der Waals surface area (Å²) in [6.45, 7) is 2.20. The number of hydrogen-bond donors (Lipinski definition) is 2. The molecule has 21 heavy (non-hydrogen) atoms. The van der Waals surface area contributed by atoms with Gasteiger partial charge in [0, 0.05) is 12.1 Å². The highest BCUT2D eigenvalue weighted by atomic mass is 16.6. The van der Waals surface area contributed by atoms with Gasteiger partial charge in [-0.3, -0.25) is 10.1 Å². The second-order valence-electron chi connectivity index (χ2n) is 5.72. The molecule has 114 valence electrons. The number of para-hydroxylation sites is 1. The normalized spacial score (nSPS) is 22.3. The summed E-state index contributed by atoms with van der Waals surface area (Å²) in [7, 11) is 0. The lowest BCUT2D eigenvalue weighted by molar-refractivity contribution is -0.384. The second kappa shape index (κ2) is 6.56. The summed E-state index contributed by atoms with van der Waals surface area (Å²) in [6, 6.07) is 4.24. The van der Waals surface area contributed by atoms with Crippen molar-refractivity contribution in [2.45, 2.75) is 45.1 Å². The molecule has 1 aliphatic rings. The standard InChI is InChI=1S/C15H20N2O4/c1-10-4-2-5-11(9-8-10)16-14-12(15(18)19)6-3-7-13(14)17(20)21/h3,6-7,10-11,16H,2,4-5,8-9H2,1H3,(H,18,19). The number of rotatable bonds is 4. The van der Waals surface area contributed by atoms with E-state index in [0.29, 0.717) is 5.92 Å². The lowest BCUT2D eigenvalue weighted by Gasteiger charge is -2.19. The van der Waals surface area contributed by atoms with E-state index in [9.17, 15) is 20.0 Å². The van der Waals surface area contributed by atoms with Crippen LogP contribution in [0.5, 0.6) is 0 Å². The van der Waals surface area contributed by atoms with Gasteiger partial charge >= 0.3 is 5.97 Å². The van der Waals surface area contributed by atoms with Crippen LogP contribution in [0.3, 0.4) is 0 Å². The third-order valence-corrected chi connectivity index (χ3v) is 4.08. The summed E-state index contributed by atoms with van der Waals surface area (Å²) >= 11 is 0. The van der Waals surface area contributed by atoms with Crippen molar-refractivity contribution in [3.05, 3.63) is 33.9 Å². The van der Waals surface area contributed by atoms with E-state index in [2.05, 4.69) is 12.2 Å². The Morgan fingerprint density at radius 3 is 2.76 bits per heavy atom. The molecule has 0 saturated heterocycles. The molecule has 2 unspecified atom stereocenters. The summed E-state index contributed by atoms with van der Waals surface area (Å²) in [5.41, 5.74) is -0.0803. The van der Waals surface area contributed by atoms with E-state index in [0.717, 1.165) is 32.1 Å². The van der Waals surface area contributed by atoms with E-state index in [-0.39, 0.29) is 23.0 Å². The van der Waals surface area contributed by atoms with Gasteiger partial charge in [-0.05, 0) is 31.2 Å². The number of aromatic carboxylic acids is 1. The molecule has 1 fully saturated rings. The first kappa shape index (κ1) is 15.3. The van der Waals surface area contributed by atoms with Crippen LogP contribution in [0.2, 0.25) is 0 Å². The molecule has 0 bridgehead atoms. The molecule has 0 aromatic heterocycles. The van der Waals surface area contributed by atoms with Crippen molar-refractivity contribution in [1.29, 1.82) is 0 Å². The fraction of sp³-hybridized carbons (Fsp3) is 0.533. The Bertz CT molecular complexity index is 512. The number of benzene rings is 1. The van der Waals surface area contributed by atoms with Crippen molar-refractivity contribution in [2.24, 2.45) is 5.92 Å². The van der Waals surface area contributed by atoms with E-state index in [4.69, 9.17) is 0 Å². The summed E-state index contributed by atoms with van der Waals surface area (Å²) in [5.74, 6) is -0.496. The third-order valence-electron chi connectivity index (χ3n) is 4.08. The number of nitro groups is 1. The highest BCUT2D eigenvalue weighted by Gasteiger charge is 2.24.